The molecule has 1 saturated heterocycles. The fourth-order valence-electron chi connectivity index (χ4n) is 3.78. The molecule has 6 heteroatoms. The second kappa shape index (κ2) is 8.51. The van der Waals surface area contributed by atoms with Crippen molar-refractivity contribution < 1.29 is 9.53 Å². The lowest BCUT2D eigenvalue weighted by Crippen LogP contribution is -2.59. The van der Waals surface area contributed by atoms with E-state index >= 15 is 0 Å². The third-order valence-corrected chi connectivity index (χ3v) is 5.24. The predicted octanol–water partition coefficient (Wildman–Crippen LogP) is 2.44. The highest BCUT2D eigenvalue weighted by molar-refractivity contribution is 5.84. The average molecular weight is 388 g/mol. The Morgan fingerprint density at radius 3 is 2.76 bits per heavy atom. The number of nitrogens with zero attached hydrogens (tertiary/aromatic N) is 3. The molecule has 2 N–H and O–H groups in total. The van der Waals surface area contributed by atoms with Gasteiger partial charge in [-0.15, -0.1) is 0 Å². The molecule has 0 spiro atoms. The Morgan fingerprint density at radius 1 is 1.10 bits per heavy atom. The van der Waals surface area contributed by atoms with E-state index in [1.807, 2.05) is 54.7 Å². The summed E-state index contributed by atoms with van der Waals surface area (Å²) in [4.78, 5) is 23.2. The van der Waals surface area contributed by atoms with Crippen molar-refractivity contribution >= 4 is 5.91 Å². The van der Waals surface area contributed by atoms with Gasteiger partial charge < -0.3 is 10.5 Å². The SMILES string of the molecule is NC(=O)[C@]1(Cc2cccc(-c3cccnc3)c2)CN(Cc2ccccn2)CCO1. The molecule has 2 aromatic heterocycles. The van der Waals surface area contributed by atoms with Crippen LogP contribution in [0, 0.1) is 0 Å². The van der Waals surface area contributed by atoms with Gasteiger partial charge >= 0.3 is 0 Å². The zero-order valence-corrected chi connectivity index (χ0v) is 16.2. The number of aromatic nitrogens is 2. The fraction of sp³-hybridized carbons (Fsp3) is 0.261. The first-order valence-electron chi connectivity index (χ1n) is 9.70. The number of primary amides is 1. The minimum absolute atomic E-state index is 0.426. The summed E-state index contributed by atoms with van der Waals surface area (Å²) in [7, 11) is 0. The molecule has 4 rings (SSSR count). The van der Waals surface area contributed by atoms with Crippen LogP contribution in [0.2, 0.25) is 0 Å². The molecule has 1 atom stereocenters. The normalized spacial score (nSPS) is 19.7. The maximum Gasteiger partial charge on any atom is 0.251 e. The van der Waals surface area contributed by atoms with Crippen LogP contribution < -0.4 is 5.73 Å². The van der Waals surface area contributed by atoms with Gasteiger partial charge in [-0.2, -0.15) is 0 Å². The quantitative estimate of drug-likeness (QED) is 0.701. The van der Waals surface area contributed by atoms with Crippen molar-refractivity contribution in [2.24, 2.45) is 5.73 Å². The van der Waals surface area contributed by atoms with Crippen LogP contribution in [0.25, 0.3) is 11.1 Å². The Labute approximate surface area is 170 Å². The van der Waals surface area contributed by atoms with Crippen molar-refractivity contribution in [3.8, 4) is 11.1 Å². The first kappa shape index (κ1) is 19.2. The lowest BCUT2D eigenvalue weighted by molar-refractivity contribution is -0.157. The van der Waals surface area contributed by atoms with Gasteiger partial charge in [-0.25, -0.2) is 0 Å². The highest BCUT2D eigenvalue weighted by Gasteiger charge is 2.42. The topological polar surface area (TPSA) is 81.3 Å². The van der Waals surface area contributed by atoms with Gasteiger partial charge in [0.1, 0.15) is 0 Å². The van der Waals surface area contributed by atoms with Gasteiger partial charge in [0.05, 0.1) is 12.3 Å². The Balaban J connectivity index is 1.55. The van der Waals surface area contributed by atoms with Gasteiger partial charge in [0, 0.05) is 44.6 Å². The average Bonchev–Trinajstić information content (AvgIpc) is 2.75. The molecular weight excluding hydrogens is 364 g/mol. The van der Waals surface area contributed by atoms with Crippen LogP contribution in [0.5, 0.6) is 0 Å². The molecule has 3 heterocycles. The number of rotatable bonds is 6. The number of morpholine rings is 1. The van der Waals surface area contributed by atoms with Crippen LogP contribution in [-0.4, -0.2) is 46.1 Å². The monoisotopic (exact) mass is 388 g/mol. The van der Waals surface area contributed by atoms with Crippen LogP contribution in [-0.2, 0) is 22.5 Å². The van der Waals surface area contributed by atoms with Crippen molar-refractivity contribution in [2.75, 3.05) is 19.7 Å². The second-order valence-corrected chi connectivity index (χ2v) is 7.36. The molecule has 0 unspecified atom stereocenters. The number of amides is 1. The van der Waals surface area contributed by atoms with Crippen LogP contribution in [0.15, 0.2) is 73.2 Å². The van der Waals surface area contributed by atoms with Gasteiger partial charge in [0.25, 0.3) is 5.91 Å². The number of hydrogen-bond donors (Lipinski definition) is 1. The summed E-state index contributed by atoms with van der Waals surface area (Å²) < 4.78 is 6.00. The summed E-state index contributed by atoms with van der Waals surface area (Å²) in [6, 6.07) is 17.9. The molecule has 0 aliphatic carbocycles. The van der Waals surface area contributed by atoms with Crippen molar-refractivity contribution in [1.29, 1.82) is 0 Å². The van der Waals surface area contributed by atoms with Gasteiger partial charge in [-0.3, -0.25) is 19.7 Å². The number of benzene rings is 1. The first-order chi connectivity index (χ1) is 14.1. The summed E-state index contributed by atoms with van der Waals surface area (Å²) in [5.74, 6) is -0.435. The lowest BCUT2D eigenvalue weighted by atomic mass is 9.90. The molecular formula is C23H24N4O2. The summed E-state index contributed by atoms with van der Waals surface area (Å²) in [6.07, 6.45) is 5.78. The molecule has 3 aromatic rings. The predicted molar refractivity (Wildman–Crippen MR) is 111 cm³/mol. The zero-order chi connectivity index (χ0) is 20.1. The van der Waals surface area contributed by atoms with E-state index in [2.05, 4.69) is 20.9 Å². The van der Waals surface area contributed by atoms with Crippen LogP contribution in [0.4, 0.5) is 0 Å². The van der Waals surface area contributed by atoms with E-state index in [-0.39, 0.29) is 0 Å². The fourth-order valence-corrected chi connectivity index (χ4v) is 3.78. The number of pyridine rings is 2. The van der Waals surface area contributed by atoms with E-state index < -0.39 is 11.5 Å². The molecule has 1 amide bonds. The highest BCUT2D eigenvalue weighted by atomic mass is 16.5. The Kier molecular flexibility index (Phi) is 5.64. The van der Waals surface area contributed by atoms with Gasteiger partial charge in [-0.1, -0.05) is 36.4 Å². The van der Waals surface area contributed by atoms with E-state index in [1.54, 1.807) is 12.4 Å². The Bertz CT molecular complexity index is 965. The molecule has 0 saturated carbocycles. The number of ether oxygens (including phenoxy) is 1. The number of carbonyl (C=O) groups excluding carboxylic acids is 1. The smallest absolute Gasteiger partial charge is 0.251 e. The van der Waals surface area contributed by atoms with E-state index in [0.29, 0.717) is 26.1 Å². The summed E-state index contributed by atoms with van der Waals surface area (Å²) in [5, 5.41) is 0. The van der Waals surface area contributed by atoms with Crippen LogP contribution in [0.1, 0.15) is 11.3 Å². The number of hydrogen-bond acceptors (Lipinski definition) is 5. The summed E-state index contributed by atoms with van der Waals surface area (Å²) in [6.45, 7) is 2.30. The van der Waals surface area contributed by atoms with Gasteiger partial charge in [0.2, 0.25) is 0 Å². The molecule has 148 valence electrons. The largest absolute Gasteiger partial charge is 0.367 e. The van der Waals surface area contributed by atoms with Crippen molar-refractivity contribution in [2.45, 2.75) is 18.6 Å². The van der Waals surface area contributed by atoms with Crippen molar-refractivity contribution in [3.63, 3.8) is 0 Å². The maximum atomic E-state index is 12.5. The van der Waals surface area contributed by atoms with Crippen molar-refractivity contribution in [3.05, 3.63) is 84.4 Å². The zero-order valence-electron chi connectivity index (χ0n) is 16.2. The molecule has 1 fully saturated rings. The van der Waals surface area contributed by atoms with E-state index in [9.17, 15) is 4.79 Å². The molecule has 0 radical (unpaired) electrons. The molecule has 1 aliphatic heterocycles. The van der Waals surface area contributed by atoms with Gasteiger partial charge in [-0.05, 0) is 34.9 Å². The second-order valence-electron chi connectivity index (χ2n) is 7.36. The van der Waals surface area contributed by atoms with E-state index in [4.69, 9.17) is 10.5 Å². The minimum Gasteiger partial charge on any atom is -0.367 e. The Hall–Kier alpha value is -3.09. The van der Waals surface area contributed by atoms with Crippen LogP contribution in [0.3, 0.4) is 0 Å². The standard InChI is InChI=1S/C23H24N4O2/c24-22(28)23(17-27(11-12-29-23)16-21-8-1-2-10-26-21)14-18-5-3-6-19(13-18)20-7-4-9-25-15-20/h1-10,13,15H,11-12,14,16-17H2,(H2,24,28)/t23-/m0/s1. The lowest BCUT2D eigenvalue weighted by Gasteiger charge is -2.40. The number of nitrogens with two attached hydrogens (primary N) is 1. The van der Waals surface area contributed by atoms with Crippen molar-refractivity contribution in [1.82, 2.24) is 14.9 Å². The highest BCUT2D eigenvalue weighted by Crippen LogP contribution is 2.27. The molecule has 6 nitrogen and oxygen atoms in total. The third kappa shape index (κ3) is 4.50. The van der Waals surface area contributed by atoms with E-state index in [1.165, 1.54) is 0 Å². The first-order valence-corrected chi connectivity index (χ1v) is 9.70. The summed E-state index contributed by atoms with van der Waals surface area (Å²) >= 11 is 0. The molecule has 29 heavy (non-hydrogen) atoms. The van der Waals surface area contributed by atoms with E-state index in [0.717, 1.165) is 28.9 Å². The maximum absolute atomic E-state index is 12.5. The summed E-state index contributed by atoms with van der Waals surface area (Å²) in [5.41, 5.74) is 8.84. The minimum atomic E-state index is -1.05. The molecule has 1 aromatic carbocycles. The number of carbonyl (C=O) groups is 1. The third-order valence-electron chi connectivity index (χ3n) is 5.24. The van der Waals surface area contributed by atoms with Gasteiger partial charge in [0.15, 0.2) is 5.60 Å². The molecule has 1 aliphatic rings. The van der Waals surface area contributed by atoms with Crippen LogP contribution >= 0.6 is 0 Å². The molecule has 0 bridgehead atoms. The Morgan fingerprint density at radius 2 is 2.00 bits per heavy atom.